The summed E-state index contributed by atoms with van der Waals surface area (Å²) < 4.78 is 28.1. The van der Waals surface area contributed by atoms with Gasteiger partial charge in [-0.25, -0.2) is 0 Å². The van der Waals surface area contributed by atoms with Gasteiger partial charge in [-0.1, -0.05) is 21.9 Å². The Bertz CT molecular complexity index is 442. The lowest BCUT2D eigenvalue weighted by Gasteiger charge is -2.02. The van der Waals surface area contributed by atoms with Crippen LogP contribution in [0.1, 0.15) is 0 Å². The number of benzene rings is 1. The highest BCUT2D eigenvalue weighted by molar-refractivity contribution is 9.10. The Morgan fingerprint density at radius 2 is 1.93 bits per heavy atom. The first-order chi connectivity index (χ1) is 6.56. The van der Waals surface area contributed by atoms with Crippen molar-refractivity contribution in [3.8, 4) is 12.3 Å². The van der Waals surface area contributed by atoms with Crippen LogP contribution < -0.4 is 0 Å². The van der Waals surface area contributed by atoms with Crippen molar-refractivity contribution in [2.24, 2.45) is 0 Å². The number of rotatable bonds is 3. The molecule has 0 bridgehead atoms. The van der Waals surface area contributed by atoms with Gasteiger partial charge in [-0.15, -0.1) is 6.42 Å². The fraction of sp³-hybridized carbons (Fsp3) is 0.111. The zero-order chi connectivity index (χ0) is 10.6. The zero-order valence-corrected chi connectivity index (χ0v) is 9.51. The van der Waals surface area contributed by atoms with Gasteiger partial charge in [0, 0.05) is 4.47 Å². The molecule has 0 aliphatic rings. The maximum atomic E-state index is 11.4. The molecule has 1 aromatic rings. The maximum Gasteiger partial charge on any atom is 0.297 e. The van der Waals surface area contributed by atoms with E-state index in [2.05, 4.69) is 26.0 Å². The summed E-state index contributed by atoms with van der Waals surface area (Å²) in [5.74, 6) is 2.09. The molecular formula is C9H7BrO3S. The molecule has 5 heteroatoms. The normalized spacial score (nSPS) is 10.9. The molecule has 0 N–H and O–H groups in total. The van der Waals surface area contributed by atoms with Crippen molar-refractivity contribution >= 4 is 26.0 Å². The Hall–Kier alpha value is -0.830. The van der Waals surface area contributed by atoms with E-state index >= 15 is 0 Å². The van der Waals surface area contributed by atoms with Gasteiger partial charge in [0.05, 0.1) is 4.90 Å². The van der Waals surface area contributed by atoms with E-state index in [0.29, 0.717) is 0 Å². The lowest BCUT2D eigenvalue weighted by Crippen LogP contribution is -2.06. The lowest BCUT2D eigenvalue weighted by atomic mass is 10.4. The van der Waals surface area contributed by atoms with Crippen molar-refractivity contribution in [3.63, 3.8) is 0 Å². The van der Waals surface area contributed by atoms with Gasteiger partial charge >= 0.3 is 0 Å². The molecule has 0 aliphatic heterocycles. The van der Waals surface area contributed by atoms with E-state index in [1.165, 1.54) is 12.1 Å². The molecule has 0 saturated heterocycles. The van der Waals surface area contributed by atoms with Crippen LogP contribution in [0.5, 0.6) is 0 Å². The summed E-state index contributed by atoms with van der Waals surface area (Å²) in [7, 11) is -3.70. The van der Waals surface area contributed by atoms with Crippen LogP contribution in [0, 0.1) is 12.3 Å². The average molecular weight is 275 g/mol. The predicted molar refractivity (Wildman–Crippen MR) is 56.1 cm³/mol. The van der Waals surface area contributed by atoms with Gasteiger partial charge in [0.1, 0.15) is 6.61 Å². The highest BCUT2D eigenvalue weighted by atomic mass is 79.9. The molecular weight excluding hydrogens is 268 g/mol. The van der Waals surface area contributed by atoms with Crippen LogP contribution in [-0.4, -0.2) is 15.0 Å². The largest absolute Gasteiger partial charge is 0.297 e. The van der Waals surface area contributed by atoms with Gasteiger partial charge in [0.25, 0.3) is 10.1 Å². The number of halogens is 1. The number of hydrogen-bond donors (Lipinski definition) is 0. The minimum Gasteiger partial charge on any atom is -0.253 e. The van der Waals surface area contributed by atoms with Crippen LogP contribution in [0.15, 0.2) is 33.6 Å². The molecule has 0 heterocycles. The first-order valence-electron chi connectivity index (χ1n) is 3.65. The molecule has 0 radical (unpaired) electrons. The van der Waals surface area contributed by atoms with E-state index in [1.807, 2.05) is 0 Å². The van der Waals surface area contributed by atoms with Crippen LogP contribution >= 0.6 is 15.9 Å². The molecule has 0 fully saturated rings. The summed E-state index contributed by atoms with van der Waals surface area (Å²) in [5.41, 5.74) is 0. The van der Waals surface area contributed by atoms with Gasteiger partial charge in [-0.2, -0.15) is 8.42 Å². The Morgan fingerprint density at radius 3 is 2.43 bits per heavy atom. The van der Waals surface area contributed by atoms with E-state index in [4.69, 9.17) is 6.42 Å². The second-order valence-electron chi connectivity index (χ2n) is 2.37. The number of hydrogen-bond acceptors (Lipinski definition) is 3. The fourth-order valence-electron chi connectivity index (χ4n) is 0.781. The van der Waals surface area contributed by atoms with Gasteiger partial charge in [0.2, 0.25) is 0 Å². The Morgan fingerprint density at radius 1 is 1.36 bits per heavy atom. The van der Waals surface area contributed by atoms with Crippen molar-refractivity contribution < 1.29 is 12.6 Å². The lowest BCUT2D eigenvalue weighted by molar-refractivity contribution is 0.363. The quantitative estimate of drug-likeness (QED) is 0.624. The molecule has 74 valence electrons. The van der Waals surface area contributed by atoms with Gasteiger partial charge in [0.15, 0.2) is 0 Å². The van der Waals surface area contributed by atoms with Crippen LogP contribution in [-0.2, 0) is 14.3 Å². The van der Waals surface area contributed by atoms with Crippen molar-refractivity contribution in [3.05, 3.63) is 28.7 Å². The van der Waals surface area contributed by atoms with Crippen LogP contribution in [0.2, 0.25) is 0 Å². The van der Waals surface area contributed by atoms with Crippen molar-refractivity contribution in [2.45, 2.75) is 4.90 Å². The molecule has 0 amide bonds. The van der Waals surface area contributed by atoms with Gasteiger partial charge < -0.3 is 0 Å². The third kappa shape index (κ3) is 2.84. The van der Waals surface area contributed by atoms with Crippen LogP contribution in [0.3, 0.4) is 0 Å². The van der Waals surface area contributed by atoms with Crippen molar-refractivity contribution in [1.82, 2.24) is 0 Å². The zero-order valence-electron chi connectivity index (χ0n) is 7.10. The Balaban J connectivity index is 2.94. The molecule has 0 spiro atoms. The molecule has 3 nitrogen and oxygen atoms in total. The van der Waals surface area contributed by atoms with Crippen molar-refractivity contribution in [1.29, 1.82) is 0 Å². The highest BCUT2D eigenvalue weighted by Gasteiger charge is 2.13. The maximum absolute atomic E-state index is 11.4. The van der Waals surface area contributed by atoms with E-state index in [1.54, 1.807) is 12.1 Å². The monoisotopic (exact) mass is 274 g/mol. The molecule has 0 unspecified atom stereocenters. The summed E-state index contributed by atoms with van der Waals surface area (Å²) in [6, 6.07) is 6.12. The molecule has 1 aromatic carbocycles. The standard InChI is InChI=1S/C9H7BrO3S/c1-2-7-13-14(11,12)9-5-3-8(10)4-6-9/h1,3-6H,7H2. The Kier molecular flexibility index (Phi) is 3.69. The minimum absolute atomic E-state index is 0.0935. The SMILES string of the molecule is C#CCOS(=O)(=O)c1ccc(Br)cc1. The molecule has 0 saturated carbocycles. The first kappa shape index (κ1) is 11.2. The summed E-state index contributed by atoms with van der Waals surface area (Å²) >= 11 is 3.20. The van der Waals surface area contributed by atoms with E-state index in [0.717, 1.165) is 4.47 Å². The summed E-state index contributed by atoms with van der Waals surface area (Å²) in [6.07, 6.45) is 4.89. The first-order valence-corrected chi connectivity index (χ1v) is 5.85. The summed E-state index contributed by atoms with van der Waals surface area (Å²) in [6.45, 7) is -0.252. The third-order valence-electron chi connectivity index (χ3n) is 1.40. The van der Waals surface area contributed by atoms with E-state index in [9.17, 15) is 8.42 Å². The van der Waals surface area contributed by atoms with E-state index in [-0.39, 0.29) is 11.5 Å². The summed E-state index contributed by atoms with van der Waals surface area (Å²) in [4.78, 5) is 0.0935. The topological polar surface area (TPSA) is 43.4 Å². The summed E-state index contributed by atoms with van der Waals surface area (Å²) in [5, 5.41) is 0. The molecule has 14 heavy (non-hydrogen) atoms. The smallest absolute Gasteiger partial charge is 0.253 e. The van der Waals surface area contributed by atoms with E-state index < -0.39 is 10.1 Å². The van der Waals surface area contributed by atoms with Gasteiger partial charge in [-0.05, 0) is 24.3 Å². The Labute approximate surface area is 91.3 Å². The second-order valence-corrected chi connectivity index (χ2v) is 4.91. The highest BCUT2D eigenvalue weighted by Crippen LogP contribution is 2.16. The van der Waals surface area contributed by atoms with Crippen molar-refractivity contribution in [2.75, 3.05) is 6.61 Å². The molecule has 0 aromatic heterocycles. The van der Waals surface area contributed by atoms with Crippen LogP contribution in [0.25, 0.3) is 0 Å². The minimum atomic E-state index is -3.70. The second kappa shape index (κ2) is 4.60. The molecule has 0 atom stereocenters. The molecule has 1 rings (SSSR count). The van der Waals surface area contributed by atoms with Crippen LogP contribution in [0.4, 0.5) is 0 Å². The predicted octanol–water partition coefficient (Wildman–Crippen LogP) is 1.79. The number of terminal acetylenes is 1. The fourth-order valence-corrected chi connectivity index (χ4v) is 1.87. The average Bonchev–Trinajstić information content (AvgIpc) is 2.16. The molecule has 0 aliphatic carbocycles. The third-order valence-corrected chi connectivity index (χ3v) is 3.21. The van der Waals surface area contributed by atoms with Gasteiger partial charge in [-0.3, -0.25) is 4.18 Å².